The lowest BCUT2D eigenvalue weighted by Gasteiger charge is -2.10. The molecular weight excluding hydrogens is 286 g/mol. The van der Waals surface area contributed by atoms with Crippen molar-refractivity contribution in [2.45, 2.75) is 17.2 Å². The minimum atomic E-state index is 0.0384. The van der Waals surface area contributed by atoms with Crippen molar-refractivity contribution in [1.29, 1.82) is 0 Å². The second kappa shape index (κ2) is 5.73. The van der Waals surface area contributed by atoms with Gasteiger partial charge < -0.3 is 5.32 Å². The maximum Gasteiger partial charge on any atom is 0.228 e. The highest BCUT2D eigenvalue weighted by molar-refractivity contribution is 9.09. The largest absolute Gasteiger partial charge is 0.356 e. The van der Waals surface area contributed by atoms with Crippen LogP contribution in [-0.2, 0) is 4.79 Å². The zero-order valence-electron chi connectivity index (χ0n) is 8.91. The van der Waals surface area contributed by atoms with Gasteiger partial charge in [0.05, 0.1) is 5.92 Å². The molecule has 2 rings (SSSR count). The maximum absolute atomic E-state index is 11.9. The van der Waals surface area contributed by atoms with Gasteiger partial charge in [-0.1, -0.05) is 34.1 Å². The molecule has 0 saturated carbocycles. The number of rotatable bonds is 4. The molecule has 1 heterocycles. The molecule has 1 aromatic carbocycles. The van der Waals surface area contributed by atoms with Crippen molar-refractivity contribution in [3.05, 3.63) is 29.8 Å². The van der Waals surface area contributed by atoms with Crippen molar-refractivity contribution in [1.82, 2.24) is 5.32 Å². The zero-order valence-corrected chi connectivity index (χ0v) is 11.3. The first kappa shape index (κ1) is 12.0. The van der Waals surface area contributed by atoms with E-state index in [2.05, 4.69) is 33.4 Å². The summed E-state index contributed by atoms with van der Waals surface area (Å²) in [6, 6.07) is 8.18. The summed E-state index contributed by atoms with van der Waals surface area (Å²) in [5.41, 5.74) is 1.18. The Morgan fingerprint density at radius 3 is 3.12 bits per heavy atom. The molecule has 1 aliphatic heterocycles. The van der Waals surface area contributed by atoms with Crippen LogP contribution < -0.4 is 5.32 Å². The van der Waals surface area contributed by atoms with Crippen molar-refractivity contribution >= 4 is 33.6 Å². The molecule has 0 aromatic heterocycles. The van der Waals surface area contributed by atoms with E-state index in [4.69, 9.17) is 0 Å². The Kier molecular flexibility index (Phi) is 4.29. The molecule has 1 aliphatic rings. The van der Waals surface area contributed by atoms with E-state index >= 15 is 0 Å². The van der Waals surface area contributed by atoms with E-state index in [0.29, 0.717) is 0 Å². The second-order valence-corrected chi connectivity index (χ2v) is 5.59. The van der Waals surface area contributed by atoms with Gasteiger partial charge in [0.1, 0.15) is 0 Å². The van der Waals surface area contributed by atoms with Gasteiger partial charge in [-0.05, 0) is 18.1 Å². The Morgan fingerprint density at radius 1 is 1.50 bits per heavy atom. The fourth-order valence-corrected chi connectivity index (χ4v) is 3.29. The highest BCUT2D eigenvalue weighted by atomic mass is 79.9. The summed E-state index contributed by atoms with van der Waals surface area (Å²) >= 11 is 5.13. The first-order valence-electron chi connectivity index (χ1n) is 5.38. The summed E-state index contributed by atoms with van der Waals surface area (Å²) in [6.07, 6.45) is 0.979. The number of fused-ring (bicyclic) bond motifs is 1. The lowest BCUT2D eigenvalue weighted by atomic mass is 10.0. The lowest BCUT2D eigenvalue weighted by Crippen LogP contribution is -2.30. The molecule has 0 fully saturated rings. The van der Waals surface area contributed by atoms with Crippen LogP contribution in [0.2, 0.25) is 0 Å². The van der Waals surface area contributed by atoms with Crippen molar-refractivity contribution in [2.75, 3.05) is 17.6 Å². The number of alkyl halides is 1. The predicted molar refractivity (Wildman–Crippen MR) is 71.3 cm³/mol. The van der Waals surface area contributed by atoms with E-state index in [0.717, 1.165) is 24.0 Å². The van der Waals surface area contributed by atoms with E-state index in [1.165, 1.54) is 10.5 Å². The Hall–Kier alpha value is -0.480. The van der Waals surface area contributed by atoms with Crippen LogP contribution in [0.1, 0.15) is 17.9 Å². The number of carbonyl (C=O) groups is 1. The van der Waals surface area contributed by atoms with E-state index in [1.807, 2.05) is 12.1 Å². The van der Waals surface area contributed by atoms with Crippen LogP contribution in [0.5, 0.6) is 0 Å². The molecule has 1 aromatic rings. The van der Waals surface area contributed by atoms with Crippen LogP contribution >= 0.6 is 27.7 Å². The zero-order chi connectivity index (χ0) is 11.4. The Balaban J connectivity index is 1.99. The van der Waals surface area contributed by atoms with Gasteiger partial charge in [-0.25, -0.2) is 0 Å². The Labute approximate surface area is 108 Å². The number of hydrogen-bond donors (Lipinski definition) is 1. The highest BCUT2D eigenvalue weighted by Crippen LogP contribution is 2.39. The van der Waals surface area contributed by atoms with Gasteiger partial charge in [0.15, 0.2) is 0 Å². The number of halogens is 1. The lowest BCUT2D eigenvalue weighted by molar-refractivity contribution is -0.122. The third-order valence-corrected chi connectivity index (χ3v) is 4.37. The number of hydrogen-bond acceptors (Lipinski definition) is 2. The normalized spacial score (nSPS) is 18.2. The molecular formula is C12H14BrNOS. The van der Waals surface area contributed by atoms with Crippen LogP contribution in [0, 0.1) is 0 Å². The second-order valence-electron chi connectivity index (χ2n) is 3.73. The third kappa shape index (κ3) is 2.61. The van der Waals surface area contributed by atoms with Crippen LogP contribution in [0.15, 0.2) is 29.2 Å². The van der Waals surface area contributed by atoms with Gasteiger partial charge in [0.2, 0.25) is 5.91 Å². The van der Waals surface area contributed by atoms with Gasteiger partial charge in [-0.2, -0.15) is 0 Å². The summed E-state index contributed by atoms with van der Waals surface area (Å²) in [5, 5.41) is 3.92. The van der Waals surface area contributed by atoms with Crippen LogP contribution in [0.4, 0.5) is 0 Å². The number of thioether (sulfide) groups is 1. The first-order valence-corrected chi connectivity index (χ1v) is 7.49. The first-order chi connectivity index (χ1) is 7.83. The summed E-state index contributed by atoms with van der Waals surface area (Å²) in [4.78, 5) is 13.2. The molecule has 1 amide bonds. The third-order valence-electron chi connectivity index (χ3n) is 2.63. The minimum absolute atomic E-state index is 0.0384. The number of carbonyl (C=O) groups excluding carboxylic acids is 1. The number of benzene rings is 1. The van der Waals surface area contributed by atoms with E-state index in [-0.39, 0.29) is 11.8 Å². The topological polar surface area (TPSA) is 29.1 Å². The Bertz CT molecular complexity index is 383. The van der Waals surface area contributed by atoms with Gasteiger partial charge in [-0.3, -0.25) is 4.79 Å². The van der Waals surface area contributed by atoms with Crippen molar-refractivity contribution in [2.24, 2.45) is 0 Å². The average molecular weight is 300 g/mol. The quantitative estimate of drug-likeness (QED) is 0.684. The minimum Gasteiger partial charge on any atom is -0.356 e. The molecule has 2 nitrogen and oxygen atoms in total. The highest BCUT2D eigenvalue weighted by Gasteiger charge is 2.28. The fourth-order valence-electron chi connectivity index (χ4n) is 1.78. The Morgan fingerprint density at radius 2 is 2.31 bits per heavy atom. The molecule has 4 heteroatoms. The average Bonchev–Trinajstić information content (AvgIpc) is 2.73. The van der Waals surface area contributed by atoms with Crippen LogP contribution in [-0.4, -0.2) is 23.5 Å². The summed E-state index contributed by atoms with van der Waals surface area (Å²) in [5.74, 6) is 1.08. The molecule has 86 valence electrons. The maximum atomic E-state index is 11.9. The van der Waals surface area contributed by atoms with Crippen LogP contribution in [0.3, 0.4) is 0 Å². The van der Waals surface area contributed by atoms with Gasteiger partial charge in [-0.15, -0.1) is 11.8 Å². The van der Waals surface area contributed by atoms with Crippen molar-refractivity contribution < 1.29 is 4.79 Å². The summed E-state index contributed by atoms with van der Waals surface area (Å²) < 4.78 is 0. The van der Waals surface area contributed by atoms with Crippen LogP contribution in [0.25, 0.3) is 0 Å². The smallest absolute Gasteiger partial charge is 0.228 e. The molecule has 0 radical (unpaired) electrons. The standard InChI is InChI=1S/C12H14BrNOS/c13-6-3-7-14-12(15)10-8-16-11-5-2-1-4-9(10)11/h1-2,4-5,10H,3,6-8H2,(H,14,15). The molecule has 1 unspecified atom stereocenters. The SMILES string of the molecule is O=C(NCCCBr)C1CSc2ccccc21. The van der Waals surface area contributed by atoms with Crippen molar-refractivity contribution in [3.63, 3.8) is 0 Å². The monoisotopic (exact) mass is 299 g/mol. The molecule has 1 N–H and O–H groups in total. The predicted octanol–water partition coefficient (Wildman–Crippen LogP) is 2.78. The summed E-state index contributed by atoms with van der Waals surface area (Å²) in [6.45, 7) is 0.757. The van der Waals surface area contributed by atoms with Gasteiger partial charge in [0, 0.05) is 22.5 Å². The number of amides is 1. The summed E-state index contributed by atoms with van der Waals surface area (Å²) in [7, 11) is 0. The molecule has 1 atom stereocenters. The van der Waals surface area contributed by atoms with Crippen molar-refractivity contribution in [3.8, 4) is 0 Å². The number of nitrogens with one attached hydrogen (secondary N) is 1. The van der Waals surface area contributed by atoms with Gasteiger partial charge >= 0.3 is 0 Å². The molecule has 0 saturated heterocycles. The molecule has 0 spiro atoms. The molecule has 16 heavy (non-hydrogen) atoms. The van der Waals surface area contributed by atoms with Gasteiger partial charge in [0.25, 0.3) is 0 Å². The molecule has 0 bridgehead atoms. The van der Waals surface area contributed by atoms with E-state index < -0.39 is 0 Å². The van der Waals surface area contributed by atoms with E-state index in [1.54, 1.807) is 11.8 Å². The fraction of sp³-hybridized carbons (Fsp3) is 0.417. The molecule has 0 aliphatic carbocycles. The van der Waals surface area contributed by atoms with E-state index in [9.17, 15) is 4.79 Å².